The molecule has 1 N–H and O–H groups in total. The Morgan fingerprint density at radius 1 is 1.10 bits per heavy atom. The maximum absolute atomic E-state index is 12.9. The molecule has 1 heterocycles. The van der Waals surface area contributed by atoms with Gasteiger partial charge in [0.25, 0.3) is 5.91 Å². The molecule has 0 unspecified atom stereocenters. The van der Waals surface area contributed by atoms with Crippen molar-refractivity contribution >= 4 is 5.91 Å². The lowest BCUT2D eigenvalue weighted by Gasteiger charge is -2.13. The Hall–Kier alpha value is -3.72. The Morgan fingerprint density at radius 2 is 1.86 bits per heavy atom. The number of nitriles is 1. The number of aromatic nitrogens is 1. The number of amides is 1. The van der Waals surface area contributed by atoms with Gasteiger partial charge in [-0.05, 0) is 48.7 Å². The highest BCUT2D eigenvalue weighted by Gasteiger charge is 2.18. The number of nitrogens with one attached hydrogen (secondary N) is 1. The highest BCUT2D eigenvalue weighted by atomic mass is 16.5. The van der Waals surface area contributed by atoms with E-state index in [0.29, 0.717) is 35.7 Å². The predicted molar refractivity (Wildman–Crippen MR) is 111 cm³/mol. The van der Waals surface area contributed by atoms with Crippen LogP contribution in [0.15, 0.2) is 54.7 Å². The third-order valence-corrected chi connectivity index (χ3v) is 4.74. The average molecular weight is 389 g/mol. The minimum Gasteiger partial charge on any atom is -0.493 e. The van der Waals surface area contributed by atoms with Crippen molar-refractivity contribution in [3.63, 3.8) is 0 Å². The van der Waals surface area contributed by atoms with E-state index in [1.54, 1.807) is 31.0 Å². The first-order chi connectivity index (χ1) is 14.1. The minimum absolute atomic E-state index is 0.282. The van der Waals surface area contributed by atoms with Crippen molar-refractivity contribution < 1.29 is 14.3 Å². The molecule has 0 aliphatic rings. The van der Waals surface area contributed by atoms with Crippen LogP contribution >= 0.6 is 0 Å². The van der Waals surface area contributed by atoms with Crippen LogP contribution in [0.5, 0.6) is 11.5 Å². The Balaban J connectivity index is 1.76. The van der Waals surface area contributed by atoms with Crippen molar-refractivity contribution in [2.75, 3.05) is 20.8 Å². The number of hydrogen-bond acceptors (Lipinski definition) is 4. The maximum Gasteiger partial charge on any atom is 0.269 e. The van der Waals surface area contributed by atoms with Gasteiger partial charge >= 0.3 is 0 Å². The van der Waals surface area contributed by atoms with Crippen LogP contribution in [0.1, 0.15) is 27.2 Å². The first kappa shape index (κ1) is 20.0. The monoisotopic (exact) mass is 389 g/mol. The first-order valence-electron chi connectivity index (χ1n) is 9.25. The van der Waals surface area contributed by atoms with Crippen molar-refractivity contribution in [3.8, 4) is 23.3 Å². The van der Waals surface area contributed by atoms with Gasteiger partial charge in [-0.15, -0.1) is 0 Å². The van der Waals surface area contributed by atoms with Crippen LogP contribution in [0.25, 0.3) is 5.69 Å². The summed E-state index contributed by atoms with van der Waals surface area (Å²) in [6.45, 7) is 2.40. The molecule has 0 atom stereocenters. The standard InChI is InChI=1S/C23H23N3O3/c1-16-6-4-5-7-19(16)26-13-11-18(15-24)22(26)23(27)25-12-10-17-8-9-20(28-2)21(14-17)29-3/h4-9,11,13-14H,10,12H2,1-3H3,(H,25,27). The summed E-state index contributed by atoms with van der Waals surface area (Å²) in [6.07, 6.45) is 2.38. The molecular weight excluding hydrogens is 366 g/mol. The Bertz CT molecular complexity index is 1060. The van der Waals surface area contributed by atoms with Gasteiger partial charge in [0.1, 0.15) is 11.8 Å². The third kappa shape index (κ3) is 4.25. The molecule has 0 aliphatic heterocycles. The van der Waals surface area contributed by atoms with E-state index in [1.807, 2.05) is 49.4 Å². The smallest absolute Gasteiger partial charge is 0.269 e. The van der Waals surface area contributed by atoms with Gasteiger partial charge in [-0.25, -0.2) is 0 Å². The molecule has 0 saturated carbocycles. The molecule has 29 heavy (non-hydrogen) atoms. The van der Waals surface area contributed by atoms with E-state index >= 15 is 0 Å². The molecule has 2 aromatic carbocycles. The number of nitrogens with zero attached hydrogens (tertiary/aromatic N) is 2. The summed E-state index contributed by atoms with van der Waals surface area (Å²) < 4.78 is 12.3. The topological polar surface area (TPSA) is 76.3 Å². The summed E-state index contributed by atoms with van der Waals surface area (Å²) >= 11 is 0. The van der Waals surface area contributed by atoms with Crippen LogP contribution in [0.4, 0.5) is 0 Å². The summed E-state index contributed by atoms with van der Waals surface area (Å²) in [5, 5.41) is 12.4. The van der Waals surface area contributed by atoms with E-state index in [9.17, 15) is 10.1 Å². The predicted octanol–water partition coefficient (Wildman–Crippen LogP) is 3.65. The van der Waals surface area contributed by atoms with Crippen molar-refractivity contribution in [2.24, 2.45) is 0 Å². The molecule has 0 saturated heterocycles. The van der Waals surface area contributed by atoms with Crippen LogP contribution in [-0.4, -0.2) is 31.2 Å². The molecule has 1 amide bonds. The number of hydrogen-bond donors (Lipinski definition) is 1. The molecule has 0 fully saturated rings. The second kappa shape index (κ2) is 8.98. The van der Waals surface area contributed by atoms with Gasteiger partial charge in [-0.1, -0.05) is 24.3 Å². The lowest BCUT2D eigenvalue weighted by atomic mass is 10.1. The van der Waals surface area contributed by atoms with Crippen LogP contribution in [-0.2, 0) is 6.42 Å². The van der Waals surface area contributed by atoms with Crippen LogP contribution in [0.2, 0.25) is 0 Å². The molecule has 6 nitrogen and oxygen atoms in total. The Labute approximate surface area is 170 Å². The van der Waals surface area contributed by atoms with E-state index in [0.717, 1.165) is 16.8 Å². The maximum atomic E-state index is 12.9. The van der Waals surface area contributed by atoms with Gasteiger partial charge < -0.3 is 19.4 Å². The van der Waals surface area contributed by atoms with Crippen molar-refractivity contribution in [3.05, 3.63) is 77.1 Å². The summed E-state index contributed by atoms with van der Waals surface area (Å²) in [5.74, 6) is 1.03. The minimum atomic E-state index is -0.282. The fourth-order valence-electron chi connectivity index (χ4n) is 3.23. The van der Waals surface area contributed by atoms with Gasteiger partial charge in [-0.3, -0.25) is 4.79 Å². The van der Waals surface area contributed by atoms with Gasteiger partial charge in [0.2, 0.25) is 0 Å². The third-order valence-electron chi connectivity index (χ3n) is 4.74. The highest BCUT2D eigenvalue weighted by Crippen LogP contribution is 2.27. The molecule has 0 spiro atoms. The van der Waals surface area contributed by atoms with E-state index in [4.69, 9.17) is 9.47 Å². The van der Waals surface area contributed by atoms with Gasteiger partial charge in [0, 0.05) is 18.4 Å². The number of benzene rings is 2. The SMILES string of the molecule is COc1ccc(CCNC(=O)c2c(C#N)ccn2-c2ccccc2C)cc1OC. The molecular formula is C23H23N3O3. The molecule has 3 rings (SSSR count). The van der Waals surface area contributed by atoms with E-state index in [-0.39, 0.29) is 5.91 Å². The molecule has 0 aliphatic carbocycles. The number of rotatable bonds is 7. The lowest BCUT2D eigenvalue weighted by Crippen LogP contribution is -2.28. The van der Waals surface area contributed by atoms with Gasteiger partial charge in [0.15, 0.2) is 11.5 Å². The molecule has 0 bridgehead atoms. The van der Waals surface area contributed by atoms with Crippen LogP contribution in [0.3, 0.4) is 0 Å². The summed E-state index contributed by atoms with van der Waals surface area (Å²) in [7, 11) is 3.18. The lowest BCUT2D eigenvalue weighted by molar-refractivity contribution is 0.0947. The number of methoxy groups -OCH3 is 2. The second-order valence-electron chi connectivity index (χ2n) is 6.54. The zero-order valence-corrected chi connectivity index (χ0v) is 16.7. The quantitative estimate of drug-likeness (QED) is 0.669. The number of aryl methyl sites for hydroxylation is 1. The van der Waals surface area contributed by atoms with Gasteiger partial charge in [0.05, 0.1) is 19.8 Å². The zero-order chi connectivity index (χ0) is 20.8. The zero-order valence-electron chi connectivity index (χ0n) is 16.7. The highest BCUT2D eigenvalue weighted by molar-refractivity contribution is 5.96. The first-order valence-corrected chi connectivity index (χ1v) is 9.25. The van der Waals surface area contributed by atoms with Gasteiger partial charge in [-0.2, -0.15) is 5.26 Å². The Kier molecular flexibility index (Phi) is 6.20. The summed E-state index contributed by atoms with van der Waals surface area (Å²) in [6, 6.07) is 17.2. The van der Waals surface area contributed by atoms with Crippen molar-refractivity contribution in [1.82, 2.24) is 9.88 Å². The fourth-order valence-corrected chi connectivity index (χ4v) is 3.23. The molecule has 3 aromatic rings. The van der Waals surface area contributed by atoms with E-state index < -0.39 is 0 Å². The molecule has 148 valence electrons. The number of ether oxygens (including phenoxy) is 2. The number of carbonyl (C=O) groups is 1. The van der Waals surface area contributed by atoms with Crippen molar-refractivity contribution in [1.29, 1.82) is 5.26 Å². The van der Waals surface area contributed by atoms with E-state index in [1.165, 1.54) is 0 Å². The second-order valence-corrected chi connectivity index (χ2v) is 6.54. The summed E-state index contributed by atoms with van der Waals surface area (Å²) in [5.41, 5.74) is 3.59. The Morgan fingerprint density at radius 3 is 2.55 bits per heavy atom. The molecule has 6 heteroatoms. The van der Waals surface area contributed by atoms with E-state index in [2.05, 4.69) is 11.4 Å². The fraction of sp³-hybridized carbons (Fsp3) is 0.217. The van der Waals surface area contributed by atoms with Crippen molar-refractivity contribution in [2.45, 2.75) is 13.3 Å². The normalized spacial score (nSPS) is 10.3. The average Bonchev–Trinajstić information content (AvgIpc) is 3.17. The molecule has 0 radical (unpaired) electrons. The summed E-state index contributed by atoms with van der Waals surface area (Å²) in [4.78, 5) is 12.9. The van der Waals surface area contributed by atoms with Crippen LogP contribution in [0, 0.1) is 18.3 Å². The van der Waals surface area contributed by atoms with Crippen LogP contribution < -0.4 is 14.8 Å². The molecule has 1 aromatic heterocycles. The number of carbonyl (C=O) groups excluding carboxylic acids is 1. The largest absolute Gasteiger partial charge is 0.493 e. The number of para-hydroxylation sites is 1.